The molecule has 2 fully saturated rings. The molecule has 0 unspecified atom stereocenters. The lowest BCUT2D eigenvalue weighted by molar-refractivity contribution is 0.302. The summed E-state index contributed by atoms with van der Waals surface area (Å²) in [5.74, 6) is 0.926. The van der Waals surface area contributed by atoms with Gasteiger partial charge in [-0.15, -0.1) is 0 Å². The van der Waals surface area contributed by atoms with Crippen LogP contribution in [0.2, 0.25) is 0 Å². The Morgan fingerprint density at radius 3 is 2.92 bits per heavy atom. The van der Waals surface area contributed by atoms with E-state index in [1.54, 1.807) is 0 Å². The van der Waals surface area contributed by atoms with E-state index in [-0.39, 0.29) is 0 Å². The van der Waals surface area contributed by atoms with Gasteiger partial charge < -0.3 is 4.74 Å². The van der Waals surface area contributed by atoms with E-state index in [1.165, 1.54) is 51.4 Å². The average Bonchev–Trinajstić information content (AvgIpc) is 2.91. The molecular formula is C12H22O. The second-order valence-corrected chi connectivity index (χ2v) is 4.68. The molecule has 76 valence electrons. The smallest absolute Gasteiger partial charge is 0.0869 e. The van der Waals surface area contributed by atoms with Gasteiger partial charge in [-0.3, -0.25) is 0 Å². The van der Waals surface area contributed by atoms with Gasteiger partial charge in [0.15, 0.2) is 0 Å². The molecular weight excluding hydrogens is 160 g/mol. The van der Waals surface area contributed by atoms with Crippen LogP contribution in [-0.2, 0) is 4.74 Å². The summed E-state index contributed by atoms with van der Waals surface area (Å²) in [6.07, 6.45) is 12.6. The second kappa shape index (κ2) is 4.45. The fourth-order valence-electron chi connectivity index (χ4n) is 2.69. The molecule has 0 aromatic heterocycles. The molecule has 1 heteroatoms. The van der Waals surface area contributed by atoms with Gasteiger partial charge in [-0.1, -0.05) is 39.0 Å². The molecule has 1 aliphatic heterocycles. The summed E-state index contributed by atoms with van der Waals surface area (Å²) >= 11 is 0. The molecule has 1 saturated carbocycles. The van der Waals surface area contributed by atoms with Crippen LogP contribution in [0.15, 0.2) is 0 Å². The summed E-state index contributed by atoms with van der Waals surface area (Å²) in [5, 5.41) is 0. The Bertz CT molecular complexity index is 155. The van der Waals surface area contributed by atoms with Gasteiger partial charge in [-0.2, -0.15) is 0 Å². The van der Waals surface area contributed by atoms with Crippen LogP contribution in [0.25, 0.3) is 0 Å². The molecule has 0 spiro atoms. The predicted molar refractivity (Wildman–Crippen MR) is 54.8 cm³/mol. The van der Waals surface area contributed by atoms with Gasteiger partial charge in [0.2, 0.25) is 0 Å². The maximum atomic E-state index is 5.65. The number of epoxide rings is 1. The number of hydrogen-bond donors (Lipinski definition) is 0. The summed E-state index contributed by atoms with van der Waals surface area (Å²) in [4.78, 5) is 0. The zero-order chi connectivity index (χ0) is 9.10. The van der Waals surface area contributed by atoms with Crippen molar-refractivity contribution < 1.29 is 4.74 Å². The highest BCUT2D eigenvalue weighted by Crippen LogP contribution is 2.42. The Morgan fingerprint density at radius 1 is 1.15 bits per heavy atom. The minimum absolute atomic E-state index is 0.685. The molecule has 0 aromatic rings. The Morgan fingerprint density at radius 2 is 2.08 bits per heavy atom. The van der Waals surface area contributed by atoms with Crippen LogP contribution in [0.3, 0.4) is 0 Å². The largest absolute Gasteiger partial charge is 0.369 e. The molecule has 13 heavy (non-hydrogen) atoms. The zero-order valence-electron chi connectivity index (χ0n) is 8.80. The van der Waals surface area contributed by atoms with E-state index in [2.05, 4.69) is 6.92 Å². The Labute approximate surface area is 81.9 Å². The number of ether oxygens (including phenoxy) is 1. The fourth-order valence-corrected chi connectivity index (χ4v) is 2.69. The normalized spacial score (nSPS) is 37.2. The zero-order valence-corrected chi connectivity index (χ0v) is 8.80. The average molecular weight is 182 g/mol. The third kappa shape index (κ3) is 2.46. The van der Waals surface area contributed by atoms with Gasteiger partial charge in [-0.25, -0.2) is 0 Å². The van der Waals surface area contributed by atoms with Crippen LogP contribution in [0.4, 0.5) is 0 Å². The molecule has 1 heterocycles. The van der Waals surface area contributed by atoms with Gasteiger partial charge in [-0.05, 0) is 25.2 Å². The standard InChI is InChI=1S/C12H22O/c1-2-3-4-5-7-10-8-6-9-11-12(10)13-11/h10-12H,2-9H2,1H3/t10-,11-,12+/m0/s1. The number of unbranched alkanes of at least 4 members (excludes halogenated alkanes) is 3. The first kappa shape index (κ1) is 9.51. The first-order valence-electron chi connectivity index (χ1n) is 6.07. The highest BCUT2D eigenvalue weighted by Gasteiger charge is 2.46. The van der Waals surface area contributed by atoms with Crippen molar-refractivity contribution in [2.45, 2.75) is 70.5 Å². The predicted octanol–water partition coefficient (Wildman–Crippen LogP) is 3.52. The number of hydrogen-bond acceptors (Lipinski definition) is 1. The first-order valence-corrected chi connectivity index (χ1v) is 6.07. The maximum Gasteiger partial charge on any atom is 0.0869 e. The number of rotatable bonds is 5. The van der Waals surface area contributed by atoms with Crippen molar-refractivity contribution in [2.24, 2.45) is 5.92 Å². The summed E-state index contributed by atoms with van der Waals surface area (Å²) in [7, 11) is 0. The van der Waals surface area contributed by atoms with Crippen molar-refractivity contribution >= 4 is 0 Å². The molecule has 1 nitrogen and oxygen atoms in total. The molecule has 0 amide bonds. The molecule has 1 aliphatic carbocycles. The molecule has 0 bridgehead atoms. The highest BCUT2D eigenvalue weighted by atomic mass is 16.6. The van der Waals surface area contributed by atoms with Crippen molar-refractivity contribution in [1.82, 2.24) is 0 Å². The van der Waals surface area contributed by atoms with Gasteiger partial charge >= 0.3 is 0 Å². The molecule has 3 atom stereocenters. The van der Waals surface area contributed by atoms with E-state index >= 15 is 0 Å². The van der Waals surface area contributed by atoms with Crippen LogP contribution >= 0.6 is 0 Å². The molecule has 2 rings (SSSR count). The lowest BCUT2D eigenvalue weighted by Crippen LogP contribution is -2.15. The SMILES string of the molecule is CCCCCC[C@H]1CCC[C@@H]2O[C@H]12. The monoisotopic (exact) mass is 182 g/mol. The van der Waals surface area contributed by atoms with Crippen LogP contribution in [0, 0.1) is 5.92 Å². The van der Waals surface area contributed by atoms with Crippen molar-refractivity contribution in [3.8, 4) is 0 Å². The van der Waals surface area contributed by atoms with E-state index in [1.807, 2.05) is 0 Å². The van der Waals surface area contributed by atoms with E-state index in [4.69, 9.17) is 4.74 Å². The summed E-state index contributed by atoms with van der Waals surface area (Å²) in [5.41, 5.74) is 0. The minimum atomic E-state index is 0.685. The molecule has 2 aliphatic rings. The Hall–Kier alpha value is -0.0400. The Balaban J connectivity index is 1.59. The van der Waals surface area contributed by atoms with Crippen molar-refractivity contribution in [1.29, 1.82) is 0 Å². The van der Waals surface area contributed by atoms with Crippen LogP contribution < -0.4 is 0 Å². The quantitative estimate of drug-likeness (QED) is 0.468. The van der Waals surface area contributed by atoms with Crippen LogP contribution in [0.1, 0.15) is 58.3 Å². The topological polar surface area (TPSA) is 12.5 Å². The maximum absolute atomic E-state index is 5.65. The van der Waals surface area contributed by atoms with Crippen molar-refractivity contribution in [3.63, 3.8) is 0 Å². The lowest BCUT2D eigenvalue weighted by atomic mass is 9.85. The molecule has 0 radical (unpaired) electrons. The summed E-state index contributed by atoms with van der Waals surface area (Å²) in [6.45, 7) is 2.28. The van der Waals surface area contributed by atoms with E-state index in [0.29, 0.717) is 12.2 Å². The van der Waals surface area contributed by atoms with E-state index in [0.717, 1.165) is 5.92 Å². The van der Waals surface area contributed by atoms with Crippen LogP contribution in [-0.4, -0.2) is 12.2 Å². The highest BCUT2D eigenvalue weighted by molar-refractivity contribution is 4.94. The third-order valence-electron chi connectivity index (χ3n) is 3.58. The third-order valence-corrected chi connectivity index (χ3v) is 3.58. The molecule has 1 saturated heterocycles. The lowest BCUT2D eigenvalue weighted by Gasteiger charge is -2.17. The number of fused-ring (bicyclic) bond motifs is 1. The van der Waals surface area contributed by atoms with Gasteiger partial charge in [0, 0.05) is 0 Å². The van der Waals surface area contributed by atoms with Gasteiger partial charge in [0.25, 0.3) is 0 Å². The van der Waals surface area contributed by atoms with Crippen molar-refractivity contribution in [3.05, 3.63) is 0 Å². The second-order valence-electron chi connectivity index (χ2n) is 4.68. The first-order chi connectivity index (χ1) is 6.42. The summed E-state index contributed by atoms with van der Waals surface area (Å²) in [6, 6.07) is 0. The van der Waals surface area contributed by atoms with Gasteiger partial charge in [0.05, 0.1) is 12.2 Å². The molecule has 0 aromatic carbocycles. The summed E-state index contributed by atoms with van der Waals surface area (Å²) < 4.78 is 5.65. The van der Waals surface area contributed by atoms with Crippen molar-refractivity contribution in [2.75, 3.05) is 0 Å². The van der Waals surface area contributed by atoms with E-state index < -0.39 is 0 Å². The molecule has 0 N–H and O–H groups in total. The fraction of sp³-hybridized carbons (Fsp3) is 1.00. The van der Waals surface area contributed by atoms with E-state index in [9.17, 15) is 0 Å². The Kier molecular flexibility index (Phi) is 3.26. The minimum Gasteiger partial charge on any atom is -0.369 e. The van der Waals surface area contributed by atoms with Crippen LogP contribution in [0.5, 0.6) is 0 Å². The van der Waals surface area contributed by atoms with Gasteiger partial charge in [0.1, 0.15) is 0 Å².